The number of carbonyl (C=O) groups is 1. The number of ketones is 1. The molecule has 1 heterocycles. The first-order chi connectivity index (χ1) is 11.0. The van der Waals surface area contributed by atoms with Crippen molar-refractivity contribution >= 4 is 11.9 Å². The van der Waals surface area contributed by atoms with Gasteiger partial charge in [0.15, 0.2) is 17.3 Å². The van der Waals surface area contributed by atoms with Gasteiger partial charge < -0.3 is 19.0 Å². The Morgan fingerprint density at radius 2 is 1.87 bits per heavy atom. The van der Waals surface area contributed by atoms with Gasteiger partial charge in [0.05, 0.1) is 14.2 Å². The number of allylic oxidation sites excluding steroid dienone is 1. The highest BCUT2D eigenvalue weighted by Crippen LogP contribution is 2.28. The Balaban J connectivity index is 2.30. The second-order valence-corrected chi connectivity index (χ2v) is 4.72. The standard InChI is InChI=1S/C17H16O6/c1-10-8-13(19)16(17(20)23-10)12(18)6-4-11-5-7-14(21-2)15(9-11)22-3/h4-9,19H,1-3H3/b6-4+. The predicted octanol–water partition coefficient (Wildman–Crippen LogP) is 2.57. The van der Waals surface area contributed by atoms with E-state index in [-0.39, 0.29) is 5.76 Å². The van der Waals surface area contributed by atoms with Crippen LogP contribution in [0.1, 0.15) is 21.7 Å². The SMILES string of the molecule is COc1ccc(/C=C/C(=O)c2c(O)cc(C)oc2=O)cc1OC. The van der Waals surface area contributed by atoms with Gasteiger partial charge in [-0.25, -0.2) is 4.79 Å². The van der Waals surface area contributed by atoms with Crippen molar-refractivity contribution in [1.29, 1.82) is 0 Å². The quantitative estimate of drug-likeness (QED) is 0.674. The van der Waals surface area contributed by atoms with E-state index in [2.05, 4.69) is 0 Å². The molecule has 1 aromatic carbocycles. The summed E-state index contributed by atoms with van der Waals surface area (Å²) < 4.78 is 15.1. The molecule has 0 fully saturated rings. The van der Waals surface area contributed by atoms with Gasteiger partial charge in [0.25, 0.3) is 0 Å². The van der Waals surface area contributed by atoms with Gasteiger partial charge in [0.2, 0.25) is 0 Å². The summed E-state index contributed by atoms with van der Waals surface area (Å²) in [5.74, 6) is 0.257. The number of aromatic hydroxyl groups is 1. The number of methoxy groups -OCH3 is 2. The fourth-order valence-corrected chi connectivity index (χ4v) is 2.03. The summed E-state index contributed by atoms with van der Waals surface area (Å²) in [5, 5.41) is 9.74. The van der Waals surface area contributed by atoms with Crippen LogP contribution in [0.2, 0.25) is 0 Å². The van der Waals surface area contributed by atoms with Crippen LogP contribution in [0.25, 0.3) is 6.08 Å². The Hall–Kier alpha value is -3.02. The third-order valence-corrected chi connectivity index (χ3v) is 3.14. The van der Waals surface area contributed by atoms with E-state index in [9.17, 15) is 14.7 Å². The van der Waals surface area contributed by atoms with E-state index in [1.165, 1.54) is 39.4 Å². The minimum absolute atomic E-state index is 0.230. The van der Waals surface area contributed by atoms with Crippen LogP contribution in [-0.4, -0.2) is 25.1 Å². The Morgan fingerprint density at radius 3 is 2.48 bits per heavy atom. The number of hydrogen-bond donors (Lipinski definition) is 1. The van der Waals surface area contributed by atoms with Crippen molar-refractivity contribution in [3.05, 3.63) is 57.6 Å². The molecule has 6 heteroatoms. The van der Waals surface area contributed by atoms with Crippen LogP contribution in [-0.2, 0) is 0 Å². The van der Waals surface area contributed by atoms with Crippen LogP contribution in [0.4, 0.5) is 0 Å². The zero-order valence-electron chi connectivity index (χ0n) is 13.0. The molecule has 0 saturated carbocycles. The molecule has 0 amide bonds. The number of benzene rings is 1. The highest BCUT2D eigenvalue weighted by molar-refractivity contribution is 6.08. The van der Waals surface area contributed by atoms with Gasteiger partial charge >= 0.3 is 5.63 Å². The fraction of sp³-hybridized carbons (Fsp3) is 0.176. The normalized spacial score (nSPS) is 10.7. The van der Waals surface area contributed by atoms with Crippen LogP contribution >= 0.6 is 0 Å². The largest absolute Gasteiger partial charge is 0.507 e. The summed E-state index contributed by atoms with van der Waals surface area (Å²) >= 11 is 0. The lowest BCUT2D eigenvalue weighted by Crippen LogP contribution is -2.12. The Bertz CT molecular complexity index is 816. The maximum Gasteiger partial charge on any atom is 0.351 e. The Morgan fingerprint density at radius 1 is 1.17 bits per heavy atom. The second-order valence-electron chi connectivity index (χ2n) is 4.72. The highest BCUT2D eigenvalue weighted by Gasteiger charge is 2.15. The van der Waals surface area contributed by atoms with Crippen molar-refractivity contribution in [2.45, 2.75) is 6.92 Å². The van der Waals surface area contributed by atoms with Crippen molar-refractivity contribution in [2.24, 2.45) is 0 Å². The molecule has 2 rings (SSSR count). The van der Waals surface area contributed by atoms with E-state index in [4.69, 9.17) is 13.9 Å². The molecule has 0 radical (unpaired) electrons. The maximum absolute atomic E-state index is 12.1. The smallest absolute Gasteiger partial charge is 0.351 e. The lowest BCUT2D eigenvalue weighted by Gasteiger charge is -2.07. The Labute approximate surface area is 132 Å². The molecule has 0 aliphatic rings. The molecule has 1 N–H and O–H groups in total. The van der Waals surface area contributed by atoms with Crippen LogP contribution in [0.15, 0.2) is 39.6 Å². The third kappa shape index (κ3) is 3.60. The predicted molar refractivity (Wildman–Crippen MR) is 84.3 cm³/mol. The summed E-state index contributed by atoms with van der Waals surface area (Å²) in [5.41, 5.74) is -0.594. The molecule has 2 aromatic rings. The molecular formula is C17H16O6. The van der Waals surface area contributed by atoms with Gasteiger partial charge in [0.1, 0.15) is 17.1 Å². The molecule has 0 bridgehead atoms. The third-order valence-electron chi connectivity index (χ3n) is 3.14. The van der Waals surface area contributed by atoms with Crippen LogP contribution in [0.5, 0.6) is 17.2 Å². The molecule has 0 aliphatic heterocycles. The van der Waals surface area contributed by atoms with Gasteiger partial charge in [-0.05, 0) is 30.7 Å². The van der Waals surface area contributed by atoms with Crippen molar-refractivity contribution < 1.29 is 23.8 Å². The van der Waals surface area contributed by atoms with Gasteiger partial charge in [-0.15, -0.1) is 0 Å². The van der Waals surface area contributed by atoms with Crippen molar-refractivity contribution in [3.63, 3.8) is 0 Å². The van der Waals surface area contributed by atoms with E-state index in [1.807, 2.05) is 0 Å². The van der Waals surface area contributed by atoms with Gasteiger partial charge in [-0.1, -0.05) is 12.1 Å². The summed E-state index contributed by atoms with van der Waals surface area (Å²) in [7, 11) is 3.03. The van der Waals surface area contributed by atoms with Crippen LogP contribution in [0, 0.1) is 6.92 Å². The molecule has 0 unspecified atom stereocenters. The van der Waals surface area contributed by atoms with Gasteiger partial charge in [-0.2, -0.15) is 0 Å². The zero-order valence-corrected chi connectivity index (χ0v) is 13.0. The molecular weight excluding hydrogens is 300 g/mol. The van der Waals surface area contributed by atoms with E-state index in [0.717, 1.165) is 0 Å². The first-order valence-electron chi connectivity index (χ1n) is 6.74. The first-order valence-corrected chi connectivity index (χ1v) is 6.74. The van der Waals surface area contributed by atoms with E-state index in [1.54, 1.807) is 18.2 Å². The van der Waals surface area contributed by atoms with Crippen LogP contribution in [0.3, 0.4) is 0 Å². The van der Waals surface area contributed by atoms with Crippen molar-refractivity contribution in [1.82, 2.24) is 0 Å². The molecule has 0 saturated heterocycles. The number of ether oxygens (including phenoxy) is 2. The average Bonchev–Trinajstić information content (AvgIpc) is 2.51. The molecule has 23 heavy (non-hydrogen) atoms. The molecule has 0 aliphatic carbocycles. The van der Waals surface area contributed by atoms with E-state index >= 15 is 0 Å². The van der Waals surface area contributed by atoms with E-state index < -0.39 is 22.7 Å². The lowest BCUT2D eigenvalue weighted by atomic mass is 10.1. The highest BCUT2D eigenvalue weighted by atomic mass is 16.5. The van der Waals surface area contributed by atoms with Crippen molar-refractivity contribution in [3.8, 4) is 17.2 Å². The first kappa shape index (κ1) is 16.4. The molecule has 1 aromatic heterocycles. The maximum atomic E-state index is 12.1. The molecule has 0 spiro atoms. The zero-order chi connectivity index (χ0) is 17.0. The van der Waals surface area contributed by atoms with E-state index in [0.29, 0.717) is 17.1 Å². The van der Waals surface area contributed by atoms with Crippen molar-refractivity contribution in [2.75, 3.05) is 14.2 Å². The monoisotopic (exact) mass is 316 g/mol. The van der Waals surface area contributed by atoms with Gasteiger partial charge in [-0.3, -0.25) is 4.79 Å². The summed E-state index contributed by atoms with van der Waals surface area (Å²) in [6, 6.07) is 6.32. The summed E-state index contributed by atoms with van der Waals surface area (Å²) in [6.45, 7) is 1.51. The molecule has 120 valence electrons. The lowest BCUT2D eigenvalue weighted by molar-refractivity contribution is 0.104. The Kier molecular flexibility index (Phi) is 4.85. The number of aryl methyl sites for hydroxylation is 1. The second kappa shape index (κ2) is 6.83. The van der Waals surface area contributed by atoms with Crippen LogP contribution < -0.4 is 15.1 Å². The molecule has 0 atom stereocenters. The summed E-state index contributed by atoms with van der Waals surface area (Å²) in [4.78, 5) is 23.8. The molecule has 6 nitrogen and oxygen atoms in total. The average molecular weight is 316 g/mol. The fourth-order valence-electron chi connectivity index (χ4n) is 2.03. The number of carbonyl (C=O) groups excluding carboxylic acids is 1. The topological polar surface area (TPSA) is 86.0 Å². The minimum atomic E-state index is -0.871. The van der Waals surface area contributed by atoms with Gasteiger partial charge in [0, 0.05) is 6.07 Å². The minimum Gasteiger partial charge on any atom is -0.507 e. The number of hydrogen-bond acceptors (Lipinski definition) is 6. The summed E-state index contributed by atoms with van der Waals surface area (Å²) in [6.07, 6.45) is 2.69. The number of rotatable bonds is 5.